The Kier molecular flexibility index (Phi) is 28.5. The van der Waals surface area contributed by atoms with Gasteiger partial charge in [0.15, 0.2) is 0 Å². The molecule has 0 fully saturated rings. The molecule has 16 heteroatoms. The minimum atomic E-state index is -2.48. The zero-order valence-corrected chi connectivity index (χ0v) is 29.7. The molecule has 0 aliphatic heterocycles. The molecule has 0 aliphatic rings. The van der Waals surface area contributed by atoms with E-state index in [0.717, 1.165) is 49.3 Å². The van der Waals surface area contributed by atoms with Crippen molar-refractivity contribution in [2.45, 2.75) is 65.5 Å². The Balaban J connectivity index is 3.71. The molecule has 0 aromatic heterocycles. The van der Waals surface area contributed by atoms with Gasteiger partial charge in [0, 0.05) is 64.2 Å². The van der Waals surface area contributed by atoms with Gasteiger partial charge in [0.1, 0.15) is 0 Å². The van der Waals surface area contributed by atoms with Gasteiger partial charge in [-0.2, -0.15) is 0 Å². The fourth-order valence-electron chi connectivity index (χ4n) is 2.61. The normalized spacial score (nSPS) is 15.4. The molecule has 0 spiro atoms. The summed E-state index contributed by atoms with van der Waals surface area (Å²) in [5, 5.41) is 0. The Morgan fingerprint density at radius 2 is 0.912 bits per heavy atom. The van der Waals surface area contributed by atoms with E-state index >= 15 is 0 Å². The lowest BCUT2D eigenvalue weighted by molar-refractivity contribution is 0.0812. The highest BCUT2D eigenvalue weighted by atomic mass is 34.0. The largest absolute Gasteiger partial charge is 0.500 e. The third-order valence-corrected chi connectivity index (χ3v) is 25.5. The minimum absolute atomic E-state index is 0.639. The van der Waals surface area contributed by atoms with Gasteiger partial charge in [0.25, 0.3) is 0 Å². The molecule has 2 unspecified atom stereocenters. The quantitative estimate of drug-likeness (QED) is 0.0476. The van der Waals surface area contributed by atoms with Crippen LogP contribution in [0.1, 0.15) is 53.4 Å². The first-order valence-corrected chi connectivity index (χ1v) is 25.8. The summed E-state index contributed by atoms with van der Waals surface area (Å²) >= 11 is 0. The van der Waals surface area contributed by atoms with E-state index in [2.05, 4.69) is 13.8 Å². The summed E-state index contributed by atoms with van der Waals surface area (Å²) in [6.45, 7) is 10.9. The van der Waals surface area contributed by atoms with E-state index in [1.165, 1.54) is 0 Å². The summed E-state index contributed by atoms with van der Waals surface area (Å²) in [5.41, 5.74) is 0. The van der Waals surface area contributed by atoms with Crippen molar-refractivity contribution in [1.29, 1.82) is 0 Å². The van der Waals surface area contributed by atoms with Crippen LogP contribution in [-0.2, 0) is 26.6 Å². The predicted octanol–water partition coefficient (Wildman–Crippen LogP) is 9.13. The van der Waals surface area contributed by atoms with E-state index in [4.69, 9.17) is 26.6 Å². The Labute approximate surface area is 240 Å². The molecule has 2 atom stereocenters. The van der Waals surface area contributed by atoms with Gasteiger partial charge in [-0.1, -0.05) is 35.4 Å². The van der Waals surface area contributed by atoms with Crippen molar-refractivity contribution in [3.63, 3.8) is 0 Å². The maximum absolute atomic E-state index is 5.97. The van der Waals surface area contributed by atoms with Crippen LogP contribution in [0.25, 0.3) is 0 Å². The highest BCUT2D eigenvalue weighted by Gasteiger charge is 2.39. The molecule has 0 heterocycles. The molecule has 0 saturated carbocycles. The molecule has 0 saturated heterocycles. The van der Waals surface area contributed by atoms with Crippen molar-refractivity contribution in [2.24, 2.45) is 0 Å². The monoisotopic (exact) mass is 666 g/mol. The standard InChI is InChI=1S/C18H42O6S8Si2/c1-7-13-23-33(19-5,21-9-3)17-11-15-25-27-29-31-32-30-28-26-16-12-18-34(20-6,22-10-4)24-14-8-2/h7-18H2,1-6H3. The fourth-order valence-corrected chi connectivity index (χ4v) is 25.0. The predicted molar refractivity (Wildman–Crippen MR) is 171 cm³/mol. The maximum atomic E-state index is 5.97. The second-order valence-electron chi connectivity index (χ2n) is 6.60. The molecule has 0 bridgehead atoms. The summed E-state index contributed by atoms with van der Waals surface area (Å²) in [7, 11) is 13.2. The van der Waals surface area contributed by atoms with Crippen molar-refractivity contribution in [1.82, 2.24) is 0 Å². The third-order valence-electron chi connectivity index (χ3n) is 4.06. The van der Waals surface area contributed by atoms with Crippen molar-refractivity contribution in [3.05, 3.63) is 0 Å². The summed E-state index contributed by atoms with van der Waals surface area (Å²) in [5.74, 6) is 2.13. The van der Waals surface area contributed by atoms with Gasteiger partial charge in [-0.3, -0.25) is 0 Å². The Bertz CT molecular complexity index is 417. The molecule has 0 aromatic carbocycles. The van der Waals surface area contributed by atoms with Crippen LogP contribution in [0.5, 0.6) is 0 Å². The van der Waals surface area contributed by atoms with E-state index in [0.29, 0.717) is 26.4 Å². The van der Waals surface area contributed by atoms with E-state index in [-0.39, 0.29) is 0 Å². The van der Waals surface area contributed by atoms with Gasteiger partial charge in [-0.15, -0.1) is 0 Å². The average Bonchev–Trinajstić information content (AvgIpc) is 2.85. The van der Waals surface area contributed by atoms with Gasteiger partial charge in [0.05, 0.1) is 0 Å². The van der Waals surface area contributed by atoms with Crippen molar-refractivity contribution >= 4 is 98.2 Å². The minimum Gasteiger partial charge on any atom is -0.377 e. The second-order valence-corrected chi connectivity index (χ2v) is 25.6. The molecule has 0 amide bonds. The van der Waals surface area contributed by atoms with Crippen LogP contribution >= 0.6 is 80.5 Å². The average molecular weight is 667 g/mol. The van der Waals surface area contributed by atoms with E-state index in [9.17, 15) is 0 Å². The van der Waals surface area contributed by atoms with Crippen molar-refractivity contribution in [3.8, 4) is 0 Å². The molecule has 0 N–H and O–H groups in total. The van der Waals surface area contributed by atoms with Crippen LogP contribution in [0.2, 0.25) is 12.1 Å². The highest BCUT2D eigenvalue weighted by molar-refractivity contribution is 9.48. The zero-order valence-electron chi connectivity index (χ0n) is 21.2. The number of rotatable bonds is 27. The Morgan fingerprint density at radius 3 is 1.24 bits per heavy atom. The summed E-state index contributed by atoms with van der Waals surface area (Å²) in [6.07, 6.45) is 4.05. The zero-order chi connectivity index (χ0) is 25.4. The van der Waals surface area contributed by atoms with Crippen molar-refractivity contribution < 1.29 is 26.6 Å². The molecule has 206 valence electrons. The highest BCUT2D eigenvalue weighted by Crippen LogP contribution is 2.57. The fraction of sp³-hybridized carbons (Fsp3) is 1.00. The van der Waals surface area contributed by atoms with Gasteiger partial charge >= 0.3 is 17.6 Å². The molecule has 6 nitrogen and oxygen atoms in total. The van der Waals surface area contributed by atoms with Crippen LogP contribution in [-0.4, -0.2) is 69.8 Å². The van der Waals surface area contributed by atoms with Crippen LogP contribution in [0, 0.1) is 0 Å². The van der Waals surface area contributed by atoms with Crippen LogP contribution < -0.4 is 0 Å². The molecule has 0 aliphatic carbocycles. The first-order valence-electron chi connectivity index (χ1n) is 11.5. The number of hydrogen-bond donors (Lipinski definition) is 0. The molecule has 0 aromatic rings. The molecule has 0 radical (unpaired) electrons. The molecule has 34 heavy (non-hydrogen) atoms. The topological polar surface area (TPSA) is 55.4 Å². The number of hydrogen-bond acceptors (Lipinski definition) is 14. The van der Waals surface area contributed by atoms with Crippen molar-refractivity contribution in [2.75, 3.05) is 52.2 Å². The first-order chi connectivity index (χ1) is 16.6. The first kappa shape index (κ1) is 37.0. The Morgan fingerprint density at radius 1 is 0.529 bits per heavy atom. The summed E-state index contributed by atoms with van der Waals surface area (Å²) in [4.78, 5) is 0. The molecular weight excluding hydrogens is 625 g/mol. The second kappa shape index (κ2) is 26.2. The smallest absolute Gasteiger partial charge is 0.377 e. The van der Waals surface area contributed by atoms with Crippen LogP contribution in [0.15, 0.2) is 0 Å². The van der Waals surface area contributed by atoms with E-state index < -0.39 is 17.6 Å². The molecule has 0 rings (SSSR count). The third kappa shape index (κ3) is 19.1. The Hall–Kier alpha value is 2.99. The summed E-state index contributed by atoms with van der Waals surface area (Å²) < 4.78 is 35.0. The van der Waals surface area contributed by atoms with E-state index in [1.54, 1.807) is 14.2 Å². The van der Waals surface area contributed by atoms with E-state index in [1.807, 2.05) is 94.4 Å². The lowest BCUT2D eigenvalue weighted by Gasteiger charge is -2.27. The van der Waals surface area contributed by atoms with Gasteiger partial charge in [-0.25, -0.2) is 0 Å². The lowest BCUT2D eigenvalue weighted by atomic mass is 10.5. The van der Waals surface area contributed by atoms with Crippen LogP contribution in [0.4, 0.5) is 0 Å². The van der Waals surface area contributed by atoms with Gasteiger partial charge in [0.2, 0.25) is 0 Å². The summed E-state index contributed by atoms with van der Waals surface area (Å²) in [6, 6.07) is 1.76. The molecular formula is C18H42O6S8Si2. The lowest BCUT2D eigenvalue weighted by Crippen LogP contribution is -2.45. The van der Waals surface area contributed by atoms with Crippen LogP contribution in [0.3, 0.4) is 0 Å². The maximum Gasteiger partial charge on any atom is 0.500 e. The SMILES string of the molecule is CCCO[Si](CCCSSSSSSSSCCC[Si](OC)(OCC)OCCC)(OC)OCC. The van der Waals surface area contributed by atoms with Gasteiger partial charge < -0.3 is 26.6 Å². The van der Waals surface area contributed by atoms with Gasteiger partial charge in [-0.05, 0) is 98.5 Å².